The minimum absolute atomic E-state index is 0.0219. The van der Waals surface area contributed by atoms with Crippen molar-refractivity contribution in [2.45, 2.75) is 131 Å². The molecule has 0 unspecified atom stereocenters. The SMILES string of the molecule is CCCNCc1c2c3cc4c1OCOc1c(cc5c(c1CNCCC)OCOc1c(cc6c(c1CNCCC)OCOc1c(cc(c(c1CNCCC)OCO2)C3C)C6C)C5C)C4C. The molecule has 4 aliphatic heterocycles. The molecule has 0 spiro atoms. The van der Waals surface area contributed by atoms with Gasteiger partial charge in [-0.25, -0.2) is 0 Å². The molecule has 4 aromatic carbocycles. The second-order valence-corrected chi connectivity index (χ2v) is 18.0. The van der Waals surface area contributed by atoms with E-state index in [2.05, 4.69) is 101 Å². The lowest BCUT2D eigenvalue weighted by Crippen LogP contribution is -2.27. The largest absolute Gasteiger partial charge is 0.457 e. The third-order valence-corrected chi connectivity index (χ3v) is 13.8. The summed E-state index contributed by atoms with van der Waals surface area (Å²) in [6.07, 6.45) is 3.99. The molecule has 8 bridgehead atoms. The predicted octanol–water partition coefficient (Wildman–Crippen LogP) is 9.52. The number of nitrogens with one attached hydrogen (secondary N) is 4. The van der Waals surface area contributed by atoms with E-state index < -0.39 is 0 Å². The van der Waals surface area contributed by atoms with Gasteiger partial charge in [-0.05, 0) is 76.1 Å². The zero-order chi connectivity index (χ0) is 44.5. The van der Waals surface area contributed by atoms with Crippen LogP contribution in [0.4, 0.5) is 0 Å². The van der Waals surface area contributed by atoms with Crippen LogP contribution in [0.5, 0.6) is 46.0 Å². The highest BCUT2D eigenvalue weighted by Gasteiger charge is 2.39. The standard InChI is InChI=1S/C52H68N4O8/c1-9-13-53-21-41-45-33-17-34-30(6)36-19-38-32(8)40-20-39-31(7)37-18-35(29(33)5)47(59-25-57-45)42(22-54-14-10-2)49(37)61-27-63-51(39)44(24-56-16-12-4)52(40)64-28-62-50(38)43(23-55-15-11-3)48(36)60-26-58-46(34)41/h17-20,29-32,53-56H,9-16,21-28H2,1-8H3. The molecule has 12 nitrogen and oxygen atoms in total. The zero-order valence-corrected chi connectivity index (χ0v) is 39.2. The van der Waals surface area contributed by atoms with Gasteiger partial charge < -0.3 is 59.2 Å². The lowest BCUT2D eigenvalue weighted by molar-refractivity contribution is 0.0946. The Labute approximate surface area is 379 Å². The van der Waals surface area contributed by atoms with E-state index in [0.29, 0.717) is 26.2 Å². The maximum atomic E-state index is 6.80. The Morgan fingerprint density at radius 2 is 0.500 bits per heavy atom. The van der Waals surface area contributed by atoms with E-state index in [1.54, 1.807) is 0 Å². The van der Waals surface area contributed by atoms with Gasteiger partial charge in [0.1, 0.15) is 46.0 Å². The molecule has 4 heterocycles. The molecule has 0 amide bonds. The molecule has 64 heavy (non-hydrogen) atoms. The maximum Gasteiger partial charge on any atom is 0.230 e. The highest BCUT2D eigenvalue weighted by Crippen LogP contribution is 2.56. The van der Waals surface area contributed by atoms with Gasteiger partial charge in [-0.3, -0.25) is 0 Å². The zero-order valence-electron chi connectivity index (χ0n) is 39.2. The highest BCUT2D eigenvalue weighted by atomic mass is 16.7. The molecule has 12 heteroatoms. The van der Waals surface area contributed by atoms with Gasteiger partial charge in [0.05, 0.1) is 22.3 Å². The summed E-state index contributed by atoms with van der Waals surface area (Å²) in [7, 11) is 0. The van der Waals surface area contributed by atoms with Crippen LogP contribution in [0.25, 0.3) is 0 Å². The summed E-state index contributed by atoms with van der Waals surface area (Å²) in [6.45, 7) is 23.6. The van der Waals surface area contributed by atoms with Crippen LogP contribution in [0, 0.1) is 0 Å². The van der Waals surface area contributed by atoms with E-state index in [1.807, 2.05) is 0 Å². The maximum absolute atomic E-state index is 6.80. The van der Waals surface area contributed by atoms with Crippen molar-refractivity contribution in [3.8, 4) is 46.0 Å². The van der Waals surface area contributed by atoms with E-state index in [1.165, 1.54) is 0 Å². The van der Waals surface area contributed by atoms with Crippen molar-refractivity contribution < 1.29 is 37.9 Å². The van der Waals surface area contributed by atoms with Crippen molar-refractivity contribution in [3.63, 3.8) is 0 Å². The summed E-state index contributed by atoms with van der Waals surface area (Å²) in [4.78, 5) is 0. The number of hydrogen-bond acceptors (Lipinski definition) is 12. The van der Waals surface area contributed by atoms with Crippen LogP contribution in [0.1, 0.15) is 172 Å². The molecule has 0 saturated heterocycles. The molecule has 0 aromatic heterocycles. The summed E-state index contributed by atoms with van der Waals surface area (Å²) >= 11 is 0. The second kappa shape index (κ2) is 19.3. The van der Waals surface area contributed by atoms with E-state index in [4.69, 9.17) is 37.9 Å². The van der Waals surface area contributed by atoms with Gasteiger partial charge in [-0.1, -0.05) is 55.4 Å². The van der Waals surface area contributed by atoms with Gasteiger partial charge in [0.2, 0.25) is 27.2 Å². The van der Waals surface area contributed by atoms with E-state index >= 15 is 0 Å². The topological polar surface area (TPSA) is 122 Å². The Bertz CT molecular complexity index is 1920. The first-order valence-corrected chi connectivity index (χ1v) is 23.9. The third-order valence-electron chi connectivity index (χ3n) is 13.8. The van der Waals surface area contributed by atoms with Gasteiger partial charge in [0.25, 0.3) is 0 Å². The van der Waals surface area contributed by atoms with Crippen molar-refractivity contribution in [1.29, 1.82) is 0 Å². The predicted molar refractivity (Wildman–Crippen MR) is 248 cm³/mol. The Kier molecular flexibility index (Phi) is 13.4. The van der Waals surface area contributed by atoms with Gasteiger partial charge in [-0.15, -0.1) is 0 Å². The summed E-state index contributed by atoms with van der Waals surface area (Å²) < 4.78 is 54.4. The summed E-state index contributed by atoms with van der Waals surface area (Å²) in [6, 6.07) is 9.36. The molecule has 344 valence electrons. The molecular formula is C52H68N4O8. The van der Waals surface area contributed by atoms with Crippen LogP contribution < -0.4 is 59.2 Å². The van der Waals surface area contributed by atoms with Gasteiger partial charge >= 0.3 is 0 Å². The Morgan fingerprint density at radius 3 is 0.656 bits per heavy atom. The van der Waals surface area contributed by atoms with Crippen molar-refractivity contribution in [1.82, 2.24) is 21.3 Å². The lowest BCUT2D eigenvalue weighted by atomic mass is 9.78. The van der Waals surface area contributed by atoms with E-state index in [0.717, 1.165) is 165 Å². The molecule has 4 N–H and O–H groups in total. The smallest absolute Gasteiger partial charge is 0.230 e. The average Bonchev–Trinajstić information content (AvgIpc) is 3.28. The molecule has 0 fully saturated rings. The number of ether oxygens (including phenoxy) is 8. The molecule has 0 radical (unpaired) electrons. The number of hydrogen-bond donors (Lipinski definition) is 4. The van der Waals surface area contributed by atoms with Crippen LogP contribution in [0.2, 0.25) is 0 Å². The quantitative estimate of drug-likeness (QED) is 0.0803. The molecule has 0 saturated carbocycles. The molecule has 0 atom stereocenters. The third kappa shape index (κ3) is 7.88. The monoisotopic (exact) mass is 877 g/mol. The van der Waals surface area contributed by atoms with Crippen LogP contribution in [0.3, 0.4) is 0 Å². The van der Waals surface area contributed by atoms with Gasteiger partial charge in [0, 0.05) is 94.4 Å². The first kappa shape index (κ1) is 44.3. The fraction of sp³-hybridized carbons (Fsp3) is 0.538. The van der Waals surface area contributed by atoms with Crippen LogP contribution >= 0.6 is 0 Å². The molecule has 4 aromatic rings. The average molecular weight is 877 g/mol. The van der Waals surface area contributed by atoms with Crippen molar-refractivity contribution in [2.24, 2.45) is 0 Å². The Hall–Kier alpha value is -4.88. The van der Waals surface area contributed by atoms with Crippen molar-refractivity contribution >= 4 is 0 Å². The van der Waals surface area contributed by atoms with E-state index in [-0.39, 0.29) is 50.8 Å². The summed E-state index contributed by atoms with van der Waals surface area (Å²) in [5, 5.41) is 14.8. The van der Waals surface area contributed by atoms with Crippen molar-refractivity contribution in [2.75, 3.05) is 53.4 Å². The van der Waals surface area contributed by atoms with Crippen LogP contribution in [-0.4, -0.2) is 53.4 Å². The fourth-order valence-electron chi connectivity index (χ4n) is 10.4. The van der Waals surface area contributed by atoms with Gasteiger partial charge in [0.15, 0.2) is 0 Å². The summed E-state index contributed by atoms with van der Waals surface area (Å²) in [5.41, 5.74) is 12.7. The van der Waals surface area contributed by atoms with Crippen LogP contribution in [0.15, 0.2) is 24.3 Å². The van der Waals surface area contributed by atoms with Gasteiger partial charge in [-0.2, -0.15) is 0 Å². The highest BCUT2D eigenvalue weighted by molar-refractivity contribution is 5.69. The minimum Gasteiger partial charge on any atom is -0.457 e. The second-order valence-electron chi connectivity index (χ2n) is 18.0. The lowest BCUT2D eigenvalue weighted by Gasteiger charge is -2.36. The first-order chi connectivity index (χ1) is 31.3. The Morgan fingerprint density at radius 1 is 0.328 bits per heavy atom. The normalized spacial score (nSPS) is 19.8. The minimum atomic E-state index is -0.128. The molecule has 9 rings (SSSR count). The summed E-state index contributed by atoms with van der Waals surface area (Å²) in [5.74, 6) is 5.83. The number of rotatable bonds is 16. The molecular weight excluding hydrogens is 809 g/mol. The number of benzene rings is 4. The van der Waals surface area contributed by atoms with E-state index in [9.17, 15) is 0 Å². The van der Waals surface area contributed by atoms with Crippen molar-refractivity contribution in [3.05, 3.63) is 91.0 Å². The Balaban J connectivity index is 1.40. The molecule has 1 aliphatic carbocycles. The first-order valence-electron chi connectivity index (χ1n) is 23.9. The molecule has 5 aliphatic rings. The van der Waals surface area contributed by atoms with Crippen LogP contribution in [-0.2, 0) is 26.2 Å². The fourth-order valence-corrected chi connectivity index (χ4v) is 10.4.